The van der Waals surface area contributed by atoms with Gasteiger partial charge in [0.1, 0.15) is 5.60 Å². The van der Waals surface area contributed by atoms with Gasteiger partial charge in [-0.1, -0.05) is 12.2 Å². The zero-order valence-electron chi connectivity index (χ0n) is 15.5. The van der Waals surface area contributed by atoms with Gasteiger partial charge >= 0.3 is 17.7 Å². The predicted octanol–water partition coefficient (Wildman–Crippen LogP) is 3.61. The summed E-state index contributed by atoms with van der Waals surface area (Å²) in [5, 5.41) is 3.03. The number of rotatable bonds is 2. The maximum Gasteiger partial charge on any atom is 0.412 e. The molecule has 1 aliphatic heterocycles. The van der Waals surface area contributed by atoms with Gasteiger partial charge < -0.3 is 14.1 Å². The molecule has 0 saturated heterocycles. The van der Waals surface area contributed by atoms with Gasteiger partial charge in [0.05, 0.1) is 10.9 Å². The molecule has 3 rings (SSSR count). The molecule has 26 heavy (non-hydrogen) atoms. The second-order valence-corrected chi connectivity index (χ2v) is 7.25. The van der Waals surface area contributed by atoms with Crippen molar-refractivity contribution >= 4 is 28.7 Å². The number of carbonyl (C=O) groups is 1. The summed E-state index contributed by atoms with van der Waals surface area (Å²) in [5.74, 6) is 0. The lowest BCUT2D eigenvalue weighted by Crippen LogP contribution is -2.29. The first-order valence-electron chi connectivity index (χ1n) is 8.59. The Morgan fingerprint density at radius 3 is 2.73 bits per heavy atom. The molecule has 0 unspecified atom stereocenters. The Hall–Kier alpha value is -2.83. The minimum atomic E-state index is -0.604. The van der Waals surface area contributed by atoms with E-state index in [1.807, 2.05) is 11.0 Å². The molecule has 1 aromatic heterocycles. The number of nitrogens with one attached hydrogen (secondary N) is 1. The lowest BCUT2D eigenvalue weighted by Gasteiger charge is -2.22. The van der Waals surface area contributed by atoms with E-state index in [1.165, 1.54) is 0 Å². The van der Waals surface area contributed by atoms with Crippen LogP contribution in [0.4, 0.5) is 16.5 Å². The van der Waals surface area contributed by atoms with Crippen LogP contribution in [0.3, 0.4) is 0 Å². The zero-order chi connectivity index (χ0) is 18.9. The molecular formula is C19H23N3O4. The molecule has 1 aromatic carbocycles. The quantitative estimate of drug-likeness (QED) is 0.827. The van der Waals surface area contributed by atoms with Gasteiger partial charge in [-0.05, 0) is 51.8 Å². The van der Waals surface area contributed by atoms with Crippen LogP contribution >= 0.6 is 0 Å². The second-order valence-electron chi connectivity index (χ2n) is 7.25. The number of anilines is 2. The molecule has 2 aromatic rings. The maximum atomic E-state index is 12.5. The Labute approximate surface area is 151 Å². The fourth-order valence-corrected chi connectivity index (χ4v) is 2.81. The van der Waals surface area contributed by atoms with E-state index in [0.717, 1.165) is 13.0 Å². The molecular weight excluding hydrogens is 334 g/mol. The molecule has 1 N–H and O–H groups in total. The maximum absolute atomic E-state index is 12.5. The third kappa shape index (κ3) is 3.87. The SMILES string of the molecule is Cc1c(NC(=O)OC(C)(C)C)ccc2nc(N3CC=CCC3)oc(=O)c12. The summed E-state index contributed by atoms with van der Waals surface area (Å²) in [5.41, 5.74) is 0.560. The van der Waals surface area contributed by atoms with Crippen molar-refractivity contribution in [3.05, 3.63) is 40.3 Å². The monoisotopic (exact) mass is 357 g/mol. The number of hydrogen-bond donors (Lipinski definition) is 1. The fourth-order valence-electron chi connectivity index (χ4n) is 2.81. The smallest absolute Gasteiger partial charge is 0.412 e. The van der Waals surface area contributed by atoms with E-state index in [-0.39, 0.29) is 0 Å². The summed E-state index contributed by atoms with van der Waals surface area (Å²) in [7, 11) is 0. The molecule has 0 aliphatic carbocycles. The number of ether oxygens (including phenoxy) is 1. The number of nitrogens with zero attached hydrogens (tertiary/aromatic N) is 2. The van der Waals surface area contributed by atoms with E-state index in [4.69, 9.17) is 9.15 Å². The summed E-state index contributed by atoms with van der Waals surface area (Å²) < 4.78 is 10.7. The predicted molar refractivity (Wildman–Crippen MR) is 101 cm³/mol. The van der Waals surface area contributed by atoms with E-state index < -0.39 is 17.3 Å². The summed E-state index contributed by atoms with van der Waals surface area (Å²) in [6.45, 7) is 8.53. The number of benzene rings is 1. The normalized spacial score (nSPS) is 14.5. The summed E-state index contributed by atoms with van der Waals surface area (Å²) in [6.07, 6.45) is 4.43. The summed E-state index contributed by atoms with van der Waals surface area (Å²) >= 11 is 0. The van der Waals surface area contributed by atoms with Crippen LogP contribution in [-0.2, 0) is 4.74 Å². The number of carbonyl (C=O) groups excluding carboxylic acids is 1. The Bertz CT molecular complexity index is 925. The Balaban J connectivity index is 1.94. The first-order valence-corrected chi connectivity index (χ1v) is 8.59. The number of hydrogen-bond acceptors (Lipinski definition) is 6. The van der Waals surface area contributed by atoms with Crippen LogP contribution in [0, 0.1) is 6.92 Å². The first kappa shape index (κ1) is 18.0. The van der Waals surface area contributed by atoms with Gasteiger partial charge in [0.25, 0.3) is 0 Å². The van der Waals surface area contributed by atoms with Crippen molar-refractivity contribution in [1.82, 2.24) is 4.98 Å². The van der Waals surface area contributed by atoms with Crippen LogP contribution < -0.4 is 15.8 Å². The van der Waals surface area contributed by atoms with Crippen LogP contribution in [0.5, 0.6) is 0 Å². The van der Waals surface area contributed by atoms with Gasteiger partial charge in [0.2, 0.25) is 0 Å². The Kier molecular flexibility index (Phi) is 4.71. The molecule has 0 spiro atoms. The second kappa shape index (κ2) is 6.82. The van der Waals surface area contributed by atoms with E-state index >= 15 is 0 Å². The van der Waals surface area contributed by atoms with Gasteiger partial charge in [-0.3, -0.25) is 5.32 Å². The van der Waals surface area contributed by atoms with Crippen molar-refractivity contribution in [2.24, 2.45) is 0 Å². The summed E-state index contributed by atoms with van der Waals surface area (Å²) in [6, 6.07) is 3.74. The van der Waals surface area contributed by atoms with Crippen molar-refractivity contribution < 1.29 is 13.9 Å². The van der Waals surface area contributed by atoms with Crippen molar-refractivity contribution in [1.29, 1.82) is 0 Å². The van der Waals surface area contributed by atoms with Gasteiger partial charge in [0.15, 0.2) is 0 Å². The Morgan fingerprint density at radius 1 is 1.31 bits per heavy atom. The van der Waals surface area contributed by atoms with E-state index in [9.17, 15) is 9.59 Å². The lowest BCUT2D eigenvalue weighted by molar-refractivity contribution is 0.0636. The molecule has 7 heteroatoms. The van der Waals surface area contributed by atoms with Crippen molar-refractivity contribution in [3.63, 3.8) is 0 Å². The molecule has 7 nitrogen and oxygen atoms in total. The highest BCUT2D eigenvalue weighted by molar-refractivity contribution is 5.93. The highest BCUT2D eigenvalue weighted by atomic mass is 16.6. The average Bonchev–Trinajstić information content (AvgIpc) is 2.56. The van der Waals surface area contributed by atoms with Crippen LogP contribution in [0.2, 0.25) is 0 Å². The molecule has 0 bridgehead atoms. The third-order valence-corrected chi connectivity index (χ3v) is 4.01. The third-order valence-electron chi connectivity index (χ3n) is 4.01. The van der Waals surface area contributed by atoms with Crippen LogP contribution in [0.25, 0.3) is 10.9 Å². The van der Waals surface area contributed by atoms with Crippen LogP contribution in [-0.4, -0.2) is 29.8 Å². The topological polar surface area (TPSA) is 84.7 Å². The number of aryl methyl sites for hydroxylation is 1. The highest BCUT2D eigenvalue weighted by Crippen LogP contribution is 2.25. The van der Waals surface area contributed by atoms with E-state index in [1.54, 1.807) is 39.8 Å². The molecule has 138 valence electrons. The largest absolute Gasteiger partial charge is 0.444 e. The first-order chi connectivity index (χ1) is 12.2. The zero-order valence-corrected chi connectivity index (χ0v) is 15.5. The molecule has 0 radical (unpaired) electrons. The van der Waals surface area contributed by atoms with Gasteiger partial charge in [0, 0.05) is 18.8 Å². The molecule has 1 aliphatic rings. The van der Waals surface area contributed by atoms with Crippen LogP contribution in [0.1, 0.15) is 32.8 Å². The van der Waals surface area contributed by atoms with Crippen LogP contribution in [0.15, 0.2) is 33.5 Å². The van der Waals surface area contributed by atoms with Gasteiger partial charge in [-0.25, -0.2) is 9.59 Å². The van der Waals surface area contributed by atoms with E-state index in [2.05, 4.69) is 16.4 Å². The van der Waals surface area contributed by atoms with Crippen molar-refractivity contribution in [2.75, 3.05) is 23.3 Å². The molecule has 0 atom stereocenters. The highest BCUT2D eigenvalue weighted by Gasteiger charge is 2.19. The number of aromatic nitrogens is 1. The lowest BCUT2D eigenvalue weighted by atomic mass is 10.1. The standard InChI is InChI=1S/C19H23N3O4/c1-12-13(21-18(24)26-19(2,3)4)8-9-14-15(12)16(23)25-17(20-14)22-10-6-5-7-11-22/h5-6,8-9H,7,10-11H2,1-4H3,(H,21,24). The van der Waals surface area contributed by atoms with Crippen molar-refractivity contribution in [3.8, 4) is 0 Å². The van der Waals surface area contributed by atoms with E-state index in [0.29, 0.717) is 34.7 Å². The number of fused-ring (bicyclic) bond motifs is 1. The minimum absolute atomic E-state index is 0.319. The Morgan fingerprint density at radius 2 is 2.08 bits per heavy atom. The number of amides is 1. The minimum Gasteiger partial charge on any atom is -0.444 e. The molecule has 2 heterocycles. The summed E-state index contributed by atoms with van der Waals surface area (Å²) in [4.78, 5) is 30.9. The molecule has 0 saturated carbocycles. The molecule has 0 fully saturated rings. The fraction of sp³-hybridized carbons (Fsp3) is 0.421. The van der Waals surface area contributed by atoms with Gasteiger partial charge in [-0.2, -0.15) is 4.98 Å². The van der Waals surface area contributed by atoms with Gasteiger partial charge in [-0.15, -0.1) is 0 Å². The molecule has 1 amide bonds. The van der Waals surface area contributed by atoms with Crippen molar-refractivity contribution in [2.45, 2.75) is 39.7 Å². The average molecular weight is 357 g/mol.